The fourth-order valence-electron chi connectivity index (χ4n) is 1.51. The highest BCUT2D eigenvalue weighted by atomic mass is 32.2. The van der Waals surface area contributed by atoms with Gasteiger partial charge >= 0.3 is 0 Å². The molecule has 0 aliphatic carbocycles. The third kappa shape index (κ3) is 2.45. The number of nitrogens with zero attached hydrogens (tertiary/aromatic N) is 1. The Balaban J connectivity index is 1.76. The quantitative estimate of drug-likeness (QED) is 0.736. The average Bonchev–Trinajstić information content (AvgIpc) is 3.12. The molecule has 6 heteroatoms. The molecule has 3 nitrogen and oxygen atoms in total. The minimum atomic E-state index is -1.04. The van der Waals surface area contributed by atoms with Crippen LogP contribution in [-0.2, 0) is 16.6 Å². The molecule has 0 saturated heterocycles. The lowest BCUT2D eigenvalue weighted by Crippen LogP contribution is -1.93. The van der Waals surface area contributed by atoms with Crippen LogP contribution in [0.4, 0.5) is 0 Å². The van der Waals surface area contributed by atoms with Crippen LogP contribution in [0.15, 0.2) is 49.8 Å². The highest BCUT2D eigenvalue weighted by Gasteiger charge is 2.12. The van der Waals surface area contributed by atoms with E-state index < -0.39 is 10.8 Å². The van der Waals surface area contributed by atoms with Crippen molar-refractivity contribution in [2.24, 2.45) is 0 Å². The van der Waals surface area contributed by atoms with Gasteiger partial charge in [0.2, 0.25) is 0 Å². The van der Waals surface area contributed by atoms with Crippen molar-refractivity contribution in [1.29, 1.82) is 0 Å². The zero-order chi connectivity index (χ0) is 12.4. The van der Waals surface area contributed by atoms with Crippen LogP contribution in [0.25, 0.3) is 10.6 Å². The highest BCUT2D eigenvalue weighted by Crippen LogP contribution is 2.26. The maximum absolute atomic E-state index is 12.0. The first kappa shape index (κ1) is 11.8. The number of aromatic nitrogens is 1. The van der Waals surface area contributed by atoms with Crippen LogP contribution in [0.3, 0.4) is 0 Å². The lowest BCUT2D eigenvalue weighted by atomic mass is 10.3. The second-order valence-electron chi connectivity index (χ2n) is 3.58. The molecule has 0 saturated carbocycles. The number of hydrogen-bond acceptors (Lipinski definition) is 5. The van der Waals surface area contributed by atoms with Crippen molar-refractivity contribution in [3.8, 4) is 10.6 Å². The van der Waals surface area contributed by atoms with E-state index >= 15 is 0 Å². The van der Waals surface area contributed by atoms with Crippen LogP contribution >= 0.6 is 22.7 Å². The van der Waals surface area contributed by atoms with Crippen LogP contribution in [0.1, 0.15) is 5.69 Å². The Morgan fingerprint density at radius 3 is 2.78 bits per heavy atom. The van der Waals surface area contributed by atoms with E-state index in [2.05, 4.69) is 5.16 Å². The van der Waals surface area contributed by atoms with Gasteiger partial charge in [0.1, 0.15) is 0 Å². The molecule has 0 radical (unpaired) electrons. The normalized spacial score (nSPS) is 12.7. The summed E-state index contributed by atoms with van der Waals surface area (Å²) in [5.74, 6) is 1.14. The first-order valence-electron chi connectivity index (χ1n) is 5.24. The Morgan fingerprint density at radius 2 is 2.06 bits per heavy atom. The Morgan fingerprint density at radius 1 is 1.22 bits per heavy atom. The molecule has 0 aromatic carbocycles. The summed E-state index contributed by atoms with van der Waals surface area (Å²) in [6, 6.07) is 9.58. The van der Waals surface area contributed by atoms with E-state index in [-0.39, 0.29) is 0 Å². The van der Waals surface area contributed by atoms with Gasteiger partial charge in [-0.1, -0.05) is 17.3 Å². The van der Waals surface area contributed by atoms with E-state index in [0.717, 1.165) is 20.5 Å². The molecule has 0 spiro atoms. The monoisotopic (exact) mass is 295 g/mol. The third-order valence-electron chi connectivity index (χ3n) is 2.32. The zero-order valence-corrected chi connectivity index (χ0v) is 11.7. The third-order valence-corrected chi connectivity index (χ3v) is 5.86. The second kappa shape index (κ2) is 5.17. The van der Waals surface area contributed by atoms with E-state index in [9.17, 15) is 4.21 Å². The van der Waals surface area contributed by atoms with Crippen LogP contribution in [0.5, 0.6) is 0 Å². The predicted molar refractivity (Wildman–Crippen MR) is 74.2 cm³/mol. The van der Waals surface area contributed by atoms with Crippen molar-refractivity contribution in [1.82, 2.24) is 5.16 Å². The van der Waals surface area contributed by atoms with Gasteiger partial charge < -0.3 is 4.52 Å². The minimum absolute atomic E-state index is 0.398. The van der Waals surface area contributed by atoms with Crippen molar-refractivity contribution in [3.63, 3.8) is 0 Å². The van der Waals surface area contributed by atoms with E-state index in [1.165, 1.54) is 11.3 Å². The maximum Gasteiger partial charge on any atom is 0.177 e. The average molecular weight is 295 g/mol. The molecule has 0 unspecified atom stereocenters. The molecule has 0 amide bonds. The lowest BCUT2D eigenvalue weighted by Gasteiger charge is -1.93. The van der Waals surface area contributed by atoms with E-state index in [4.69, 9.17) is 4.52 Å². The van der Waals surface area contributed by atoms with Crippen LogP contribution in [0.2, 0.25) is 0 Å². The summed E-state index contributed by atoms with van der Waals surface area (Å²) < 4.78 is 18.1. The molecule has 3 rings (SSSR count). The summed E-state index contributed by atoms with van der Waals surface area (Å²) in [4.78, 5) is 1.04. The molecule has 18 heavy (non-hydrogen) atoms. The van der Waals surface area contributed by atoms with E-state index in [1.807, 2.05) is 41.1 Å². The molecule has 3 aromatic heterocycles. The second-order valence-corrected chi connectivity index (χ2v) is 7.16. The van der Waals surface area contributed by atoms with Crippen molar-refractivity contribution < 1.29 is 8.73 Å². The predicted octanol–water partition coefficient (Wildman–Crippen LogP) is 3.77. The fraction of sp³-hybridized carbons (Fsp3) is 0.0833. The Bertz CT molecular complexity index is 641. The van der Waals surface area contributed by atoms with E-state index in [1.54, 1.807) is 11.3 Å². The molecular formula is C12H9NO2S3. The fourth-order valence-corrected chi connectivity index (χ4v) is 4.18. The van der Waals surface area contributed by atoms with Gasteiger partial charge in [0.15, 0.2) is 5.76 Å². The van der Waals surface area contributed by atoms with Gasteiger partial charge in [-0.25, -0.2) is 0 Å². The molecule has 3 aromatic rings. The maximum atomic E-state index is 12.0. The van der Waals surface area contributed by atoms with Crippen LogP contribution < -0.4 is 0 Å². The number of hydrogen-bond donors (Lipinski definition) is 0. The van der Waals surface area contributed by atoms with Crippen LogP contribution in [0, 0.1) is 0 Å². The Kier molecular flexibility index (Phi) is 3.40. The minimum Gasteiger partial charge on any atom is -0.355 e. The molecule has 0 aliphatic rings. The first-order chi connectivity index (χ1) is 8.83. The first-order valence-corrected chi connectivity index (χ1v) is 8.32. The van der Waals surface area contributed by atoms with Gasteiger partial charge in [-0.2, -0.15) is 0 Å². The molecular weight excluding hydrogens is 286 g/mol. The Labute approximate surface area is 115 Å². The van der Waals surface area contributed by atoms with Crippen LogP contribution in [-0.4, -0.2) is 9.37 Å². The summed E-state index contributed by atoms with van der Waals surface area (Å²) in [6.07, 6.45) is 0. The highest BCUT2D eigenvalue weighted by molar-refractivity contribution is 7.86. The molecule has 0 aliphatic heterocycles. The van der Waals surface area contributed by atoms with Crippen molar-refractivity contribution >= 4 is 33.5 Å². The van der Waals surface area contributed by atoms with E-state index in [0.29, 0.717) is 5.75 Å². The van der Waals surface area contributed by atoms with Crippen molar-refractivity contribution in [3.05, 3.63) is 46.8 Å². The summed E-state index contributed by atoms with van der Waals surface area (Å²) in [5.41, 5.74) is 0.727. The largest absolute Gasteiger partial charge is 0.355 e. The molecule has 0 N–H and O–H groups in total. The van der Waals surface area contributed by atoms with Gasteiger partial charge in [-0.05, 0) is 22.9 Å². The van der Waals surface area contributed by atoms with Gasteiger partial charge in [0.05, 0.1) is 31.3 Å². The zero-order valence-electron chi connectivity index (χ0n) is 9.24. The SMILES string of the molecule is O=[S@](Cc1cc(-c2cccs2)on1)c1cccs1. The summed E-state index contributed by atoms with van der Waals surface area (Å²) in [7, 11) is -1.04. The van der Waals surface area contributed by atoms with Crippen molar-refractivity contribution in [2.45, 2.75) is 9.96 Å². The van der Waals surface area contributed by atoms with Gasteiger partial charge in [0, 0.05) is 6.07 Å². The number of thiophene rings is 2. The van der Waals surface area contributed by atoms with Gasteiger partial charge in [-0.3, -0.25) is 4.21 Å². The molecule has 1 atom stereocenters. The van der Waals surface area contributed by atoms with Gasteiger partial charge in [0.25, 0.3) is 0 Å². The Hall–Kier alpha value is -1.24. The molecule has 0 bridgehead atoms. The number of rotatable bonds is 4. The topological polar surface area (TPSA) is 43.1 Å². The summed E-state index contributed by atoms with van der Waals surface area (Å²) >= 11 is 3.10. The van der Waals surface area contributed by atoms with Gasteiger partial charge in [-0.15, -0.1) is 22.7 Å². The van der Waals surface area contributed by atoms with Crippen molar-refractivity contribution in [2.75, 3.05) is 0 Å². The summed E-state index contributed by atoms with van der Waals surface area (Å²) in [5, 5.41) is 7.88. The summed E-state index contributed by atoms with van der Waals surface area (Å²) in [6.45, 7) is 0. The molecule has 92 valence electrons. The standard InChI is InChI=1S/C12H9NO2S3/c14-18(12-4-2-6-17-12)8-9-7-10(15-13-9)11-3-1-5-16-11/h1-7H,8H2/t18-/m1/s1. The smallest absolute Gasteiger partial charge is 0.177 e. The lowest BCUT2D eigenvalue weighted by molar-refractivity contribution is 0.427. The molecule has 3 heterocycles. The molecule has 0 fully saturated rings.